The summed E-state index contributed by atoms with van der Waals surface area (Å²) in [5.41, 5.74) is 0.189. The Morgan fingerprint density at radius 2 is 1.79 bits per heavy atom. The molecule has 4 atom stereocenters. The number of halogens is 2. The van der Waals surface area contributed by atoms with Gasteiger partial charge in [0.1, 0.15) is 22.8 Å². The fourth-order valence-corrected chi connectivity index (χ4v) is 6.23. The summed E-state index contributed by atoms with van der Waals surface area (Å²) in [6, 6.07) is -1.14. The van der Waals surface area contributed by atoms with Crippen LogP contribution in [0.5, 0.6) is 5.75 Å². The number of primary amides is 1. The fraction of sp³-hybridized carbons (Fsp3) is 0.440. The average Bonchev–Trinajstić information content (AvgIpc) is 2.83. The first kappa shape index (κ1) is 28.5. The highest BCUT2D eigenvalue weighted by atomic mass is 79.9. The molecule has 0 aliphatic heterocycles. The number of Topliss-reactive ketones (excluding diaryl/α,β-unsaturated/α-hetero) is 2. The van der Waals surface area contributed by atoms with Gasteiger partial charge in [0.05, 0.1) is 22.6 Å². The van der Waals surface area contributed by atoms with Crippen LogP contribution in [0, 0.1) is 17.7 Å². The maximum atomic E-state index is 15.6. The van der Waals surface area contributed by atoms with Gasteiger partial charge >= 0.3 is 0 Å². The number of aliphatic hydroxyl groups excluding tert-OH is 2. The zero-order chi connectivity index (χ0) is 29.3. The summed E-state index contributed by atoms with van der Waals surface area (Å²) in [5, 5.41) is 46.8. The van der Waals surface area contributed by atoms with E-state index in [4.69, 9.17) is 5.73 Å². The molecule has 0 heterocycles. The number of phenols is 1. The molecule has 39 heavy (non-hydrogen) atoms. The molecule has 0 aromatic heterocycles. The summed E-state index contributed by atoms with van der Waals surface area (Å²) in [6.07, 6.45) is -0.234. The molecule has 0 radical (unpaired) electrons. The Kier molecular flexibility index (Phi) is 7.02. The number of nitrogens with zero attached hydrogens (tertiary/aromatic N) is 2. The predicted molar refractivity (Wildman–Crippen MR) is 140 cm³/mol. The van der Waals surface area contributed by atoms with Crippen LogP contribution in [0.3, 0.4) is 0 Å². The second-order valence-corrected chi connectivity index (χ2v) is 10.8. The molecule has 12 nitrogen and oxygen atoms in total. The maximum absolute atomic E-state index is 15.6. The number of hydrogen-bond acceptors (Lipinski definition) is 10. The highest BCUT2D eigenvalue weighted by Gasteiger charge is 2.63. The zero-order valence-electron chi connectivity index (χ0n) is 21.5. The van der Waals surface area contributed by atoms with Gasteiger partial charge in [-0.25, -0.2) is 4.39 Å². The van der Waals surface area contributed by atoms with Crippen molar-refractivity contribution in [2.45, 2.75) is 24.5 Å². The quantitative estimate of drug-likeness (QED) is 0.157. The summed E-state index contributed by atoms with van der Waals surface area (Å²) in [6.45, 7) is 0. The SMILES string of the molecule is CN(C)c1c(F)c(NC(=O)CBr)c(O)c2c1CC1CC3[C@H](N(C)C)C(O)=C(C(N)=O)C(=O)C3(O)C(O)=C1C2=O. The van der Waals surface area contributed by atoms with E-state index < -0.39 is 92.3 Å². The normalized spacial score (nSPS) is 26.3. The molecule has 210 valence electrons. The monoisotopic (exact) mass is 610 g/mol. The number of allylic oxidation sites excluding steroid dienone is 1. The van der Waals surface area contributed by atoms with Crippen molar-refractivity contribution >= 4 is 50.7 Å². The molecule has 0 spiro atoms. The van der Waals surface area contributed by atoms with Crippen LogP contribution in [0.4, 0.5) is 15.8 Å². The first-order valence-electron chi connectivity index (χ1n) is 11.9. The van der Waals surface area contributed by atoms with Gasteiger partial charge in [0.25, 0.3) is 5.91 Å². The lowest BCUT2D eigenvalue weighted by Crippen LogP contribution is -2.63. The Morgan fingerprint density at radius 1 is 1.18 bits per heavy atom. The van der Waals surface area contributed by atoms with E-state index in [0.29, 0.717) is 0 Å². The van der Waals surface area contributed by atoms with Crippen molar-refractivity contribution in [1.29, 1.82) is 0 Å². The molecule has 14 heteroatoms. The van der Waals surface area contributed by atoms with E-state index in [1.807, 2.05) is 0 Å². The highest BCUT2D eigenvalue weighted by molar-refractivity contribution is 9.09. The van der Waals surface area contributed by atoms with Crippen molar-refractivity contribution in [3.05, 3.63) is 39.6 Å². The molecule has 4 rings (SSSR count). The third-order valence-electron chi connectivity index (χ3n) is 7.64. The molecule has 1 aromatic carbocycles. The third kappa shape index (κ3) is 3.92. The lowest BCUT2D eigenvalue weighted by atomic mass is 9.58. The zero-order valence-corrected chi connectivity index (χ0v) is 23.1. The van der Waals surface area contributed by atoms with Crippen LogP contribution in [-0.2, 0) is 20.8 Å². The fourth-order valence-electron chi connectivity index (χ4n) is 6.09. The van der Waals surface area contributed by atoms with Crippen molar-refractivity contribution in [2.24, 2.45) is 17.6 Å². The standard InChI is InChI=1S/C25H28BrFN4O8/c1-30(2)17-9-5-8-6-10-18(31(3)4)21(35)14(24(28)38)23(37)25(10,39)22(36)12(8)19(33)13(9)20(34)16(15(17)27)29-11(32)7-26/h8,10,18,34-36,39H,5-7H2,1-4H3,(H2,28,38)(H,29,32)/t8?,10?,18-,25?/m0/s1. The Morgan fingerprint density at radius 3 is 2.31 bits per heavy atom. The number of fused-ring (bicyclic) bond motifs is 3. The lowest BCUT2D eigenvalue weighted by molar-refractivity contribution is -0.148. The van der Waals surface area contributed by atoms with Gasteiger partial charge in [0.2, 0.25) is 11.7 Å². The summed E-state index contributed by atoms with van der Waals surface area (Å²) in [7, 11) is 6.06. The molecule has 7 N–H and O–H groups in total. The van der Waals surface area contributed by atoms with Gasteiger partial charge in [-0.15, -0.1) is 0 Å². The number of amides is 2. The number of nitrogens with one attached hydrogen (secondary N) is 1. The number of hydrogen-bond donors (Lipinski definition) is 6. The van der Waals surface area contributed by atoms with Crippen molar-refractivity contribution in [3.8, 4) is 5.75 Å². The summed E-state index contributed by atoms with van der Waals surface area (Å²) < 4.78 is 15.6. The second kappa shape index (κ2) is 9.61. The molecule has 2 amide bonds. The maximum Gasteiger partial charge on any atom is 0.255 e. The third-order valence-corrected chi connectivity index (χ3v) is 8.15. The predicted octanol–water partition coefficient (Wildman–Crippen LogP) is 0.659. The number of carbonyl (C=O) groups is 4. The second-order valence-electron chi connectivity index (χ2n) is 10.3. The minimum absolute atomic E-state index is 0.0805. The van der Waals surface area contributed by atoms with E-state index >= 15 is 4.39 Å². The topological polar surface area (TPSA) is 194 Å². The van der Waals surface area contributed by atoms with Crippen LogP contribution >= 0.6 is 15.9 Å². The Bertz CT molecular complexity index is 1400. The van der Waals surface area contributed by atoms with Gasteiger partial charge < -0.3 is 36.4 Å². The Hall–Kier alpha value is -3.49. The molecule has 0 saturated heterocycles. The highest BCUT2D eigenvalue weighted by Crippen LogP contribution is 2.54. The van der Waals surface area contributed by atoms with Crippen LogP contribution in [-0.4, -0.2) is 93.9 Å². The minimum Gasteiger partial charge on any atom is -0.510 e. The van der Waals surface area contributed by atoms with Crippen LogP contribution in [0.25, 0.3) is 0 Å². The number of phenolic OH excluding ortho intramolecular Hbond substituents is 1. The number of aliphatic hydroxyl groups is 3. The number of likely N-dealkylation sites (N-methyl/N-ethyl adjacent to an activating group) is 1. The van der Waals surface area contributed by atoms with Crippen molar-refractivity contribution in [3.63, 3.8) is 0 Å². The van der Waals surface area contributed by atoms with E-state index in [9.17, 15) is 39.6 Å². The van der Waals surface area contributed by atoms with E-state index in [0.717, 1.165) is 0 Å². The van der Waals surface area contributed by atoms with Crippen LogP contribution in [0.1, 0.15) is 22.3 Å². The smallest absolute Gasteiger partial charge is 0.255 e. The number of aromatic hydroxyl groups is 1. The first-order chi connectivity index (χ1) is 18.1. The van der Waals surface area contributed by atoms with Gasteiger partial charge in [0, 0.05) is 25.6 Å². The number of nitrogens with two attached hydrogens (primary N) is 1. The largest absolute Gasteiger partial charge is 0.510 e. The van der Waals surface area contributed by atoms with Crippen molar-refractivity contribution < 1.29 is 44.0 Å². The number of ketones is 2. The molecule has 3 aliphatic carbocycles. The van der Waals surface area contributed by atoms with E-state index in [1.54, 1.807) is 0 Å². The van der Waals surface area contributed by atoms with Gasteiger partial charge in [-0.3, -0.25) is 24.1 Å². The van der Waals surface area contributed by atoms with E-state index in [-0.39, 0.29) is 29.4 Å². The summed E-state index contributed by atoms with van der Waals surface area (Å²) in [4.78, 5) is 54.1. The molecule has 0 saturated carbocycles. The Labute approximate surface area is 230 Å². The molecule has 1 aromatic rings. The number of anilines is 2. The number of carbonyl (C=O) groups excluding carboxylic acids is 4. The number of benzene rings is 1. The van der Waals surface area contributed by atoms with Crippen LogP contribution in [0.15, 0.2) is 22.7 Å². The Balaban J connectivity index is 2.00. The molecule has 3 unspecified atom stereocenters. The van der Waals surface area contributed by atoms with Gasteiger partial charge in [0.15, 0.2) is 23.0 Å². The van der Waals surface area contributed by atoms with Crippen LogP contribution < -0.4 is 16.0 Å². The van der Waals surface area contributed by atoms with E-state index in [2.05, 4.69) is 21.2 Å². The summed E-state index contributed by atoms with van der Waals surface area (Å²) >= 11 is 2.94. The molecular weight excluding hydrogens is 583 g/mol. The van der Waals surface area contributed by atoms with Gasteiger partial charge in [-0.05, 0) is 38.4 Å². The number of alkyl halides is 1. The van der Waals surface area contributed by atoms with E-state index in [1.165, 1.54) is 38.0 Å². The van der Waals surface area contributed by atoms with Gasteiger partial charge in [-0.2, -0.15) is 0 Å². The first-order valence-corrected chi connectivity index (χ1v) is 13.0. The van der Waals surface area contributed by atoms with Crippen molar-refractivity contribution in [2.75, 3.05) is 43.7 Å². The van der Waals surface area contributed by atoms with Gasteiger partial charge in [-0.1, -0.05) is 15.9 Å². The lowest BCUT2D eigenvalue weighted by Gasteiger charge is -2.50. The van der Waals surface area contributed by atoms with Crippen molar-refractivity contribution in [1.82, 2.24) is 4.90 Å². The molecule has 3 aliphatic rings. The summed E-state index contributed by atoms with van der Waals surface area (Å²) in [5.74, 6) is -10.0. The number of rotatable bonds is 5. The average molecular weight is 611 g/mol. The minimum atomic E-state index is -2.79. The molecule has 0 fully saturated rings. The molecule has 0 bridgehead atoms. The molecular formula is C25H28BrFN4O8. The van der Waals surface area contributed by atoms with Crippen LogP contribution in [0.2, 0.25) is 0 Å².